The van der Waals surface area contributed by atoms with Crippen LogP contribution in [0.5, 0.6) is 0 Å². The number of hydrogen-bond donors (Lipinski definition) is 1. The molecule has 0 radical (unpaired) electrons. The van der Waals surface area contributed by atoms with Crippen molar-refractivity contribution >= 4 is 23.3 Å². The third-order valence-corrected chi connectivity index (χ3v) is 3.11. The van der Waals surface area contributed by atoms with Gasteiger partial charge in [-0.2, -0.15) is 0 Å². The first-order valence-electron chi connectivity index (χ1n) is 6.05. The SMILES string of the molecule is Cc1cc(N)cc(C(=O)OCc2ccc(Cl)cc2F)c1F. The molecule has 0 saturated carbocycles. The van der Waals surface area contributed by atoms with Gasteiger partial charge in [-0.05, 0) is 36.8 Å². The Hall–Kier alpha value is -2.14. The van der Waals surface area contributed by atoms with E-state index in [4.69, 9.17) is 22.1 Å². The highest BCUT2D eigenvalue weighted by Crippen LogP contribution is 2.20. The van der Waals surface area contributed by atoms with Crippen molar-refractivity contribution in [3.63, 3.8) is 0 Å². The number of esters is 1. The molecule has 2 aromatic carbocycles. The van der Waals surface area contributed by atoms with Crippen LogP contribution in [0.15, 0.2) is 30.3 Å². The number of carbonyl (C=O) groups excluding carboxylic acids is 1. The fourth-order valence-electron chi connectivity index (χ4n) is 1.81. The van der Waals surface area contributed by atoms with Gasteiger partial charge in [0, 0.05) is 16.3 Å². The summed E-state index contributed by atoms with van der Waals surface area (Å²) in [6.45, 7) is 1.16. The third-order valence-electron chi connectivity index (χ3n) is 2.87. The largest absolute Gasteiger partial charge is 0.457 e. The van der Waals surface area contributed by atoms with E-state index in [1.54, 1.807) is 0 Å². The maximum atomic E-state index is 13.8. The van der Waals surface area contributed by atoms with Crippen LogP contribution in [0.2, 0.25) is 5.02 Å². The lowest BCUT2D eigenvalue weighted by Crippen LogP contribution is -2.10. The molecule has 0 heterocycles. The van der Waals surface area contributed by atoms with Crippen LogP contribution >= 0.6 is 11.6 Å². The van der Waals surface area contributed by atoms with Gasteiger partial charge in [-0.3, -0.25) is 0 Å². The quantitative estimate of drug-likeness (QED) is 0.691. The van der Waals surface area contributed by atoms with Gasteiger partial charge < -0.3 is 10.5 Å². The van der Waals surface area contributed by atoms with Crippen molar-refractivity contribution in [1.29, 1.82) is 0 Å². The first-order chi connectivity index (χ1) is 9.88. The van der Waals surface area contributed by atoms with Crippen LogP contribution in [-0.4, -0.2) is 5.97 Å². The molecular weight excluding hydrogens is 300 g/mol. The van der Waals surface area contributed by atoms with E-state index in [-0.39, 0.29) is 34.0 Å². The predicted molar refractivity (Wildman–Crippen MR) is 76.1 cm³/mol. The van der Waals surface area contributed by atoms with Crippen molar-refractivity contribution in [3.8, 4) is 0 Å². The second-order valence-electron chi connectivity index (χ2n) is 4.51. The molecule has 3 nitrogen and oxygen atoms in total. The summed E-state index contributed by atoms with van der Waals surface area (Å²) in [6, 6.07) is 6.56. The van der Waals surface area contributed by atoms with Gasteiger partial charge in [-0.25, -0.2) is 13.6 Å². The Morgan fingerprint density at radius 2 is 2.00 bits per heavy atom. The molecule has 0 spiro atoms. The van der Waals surface area contributed by atoms with Crippen molar-refractivity contribution in [1.82, 2.24) is 0 Å². The summed E-state index contributed by atoms with van der Waals surface area (Å²) in [5.74, 6) is -2.21. The Bertz CT molecular complexity index is 704. The molecule has 2 rings (SSSR count). The Balaban J connectivity index is 2.15. The number of ether oxygens (including phenoxy) is 1. The maximum Gasteiger partial charge on any atom is 0.341 e. The first kappa shape index (κ1) is 15.3. The standard InChI is InChI=1S/C15H12ClF2NO2/c1-8-4-11(19)6-12(14(8)18)15(20)21-7-9-2-3-10(16)5-13(9)17/h2-6H,7,19H2,1H3. The van der Waals surface area contributed by atoms with Gasteiger partial charge in [0.05, 0.1) is 5.56 Å². The molecule has 0 bridgehead atoms. The summed E-state index contributed by atoms with van der Waals surface area (Å²) in [6.07, 6.45) is 0. The van der Waals surface area contributed by atoms with E-state index < -0.39 is 17.6 Å². The molecule has 2 aromatic rings. The molecule has 0 saturated heterocycles. The number of anilines is 1. The summed E-state index contributed by atoms with van der Waals surface area (Å²) in [4.78, 5) is 11.9. The molecule has 0 aromatic heterocycles. The summed E-state index contributed by atoms with van der Waals surface area (Å²) in [5, 5.41) is 0.236. The van der Waals surface area contributed by atoms with E-state index in [1.165, 1.54) is 31.2 Å². The number of nitrogen functional groups attached to an aromatic ring is 1. The van der Waals surface area contributed by atoms with E-state index in [9.17, 15) is 13.6 Å². The number of aryl methyl sites for hydroxylation is 1. The average Bonchev–Trinajstić information content (AvgIpc) is 2.41. The monoisotopic (exact) mass is 311 g/mol. The number of benzene rings is 2. The molecule has 110 valence electrons. The van der Waals surface area contributed by atoms with Crippen LogP contribution in [0.1, 0.15) is 21.5 Å². The molecule has 21 heavy (non-hydrogen) atoms. The molecule has 0 aliphatic rings. The third kappa shape index (κ3) is 3.49. The summed E-state index contributed by atoms with van der Waals surface area (Å²) < 4.78 is 32.3. The number of rotatable bonds is 3. The summed E-state index contributed by atoms with van der Waals surface area (Å²) >= 11 is 5.62. The van der Waals surface area contributed by atoms with E-state index in [1.807, 2.05) is 0 Å². The Labute approximate surface area is 125 Å². The molecule has 0 aliphatic heterocycles. The molecule has 0 unspecified atom stereocenters. The number of carbonyl (C=O) groups is 1. The van der Waals surface area contributed by atoms with Crippen LogP contribution in [-0.2, 0) is 11.3 Å². The maximum absolute atomic E-state index is 13.8. The van der Waals surface area contributed by atoms with E-state index in [0.717, 1.165) is 6.07 Å². The van der Waals surface area contributed by atoms with Crippen molar-refractivity contribution < 1.29 is 18.3 Å². The molecule has 6 heteroatoms. The van der Waals surface area contributed by atoms with E-state index in [0.29, 0.717) is 0 Å². The van der Waals surface area contributed by atoms with Gasteiger partial charge >= 0.3 is 5.97 Å². The first-order valence-corrected chi connectivity index (χ1v) is 6.43. The van der Waals surface area contributed by atoms with Crippen molar-refractivity contribution in [3.05, 3.63) is 63.7 Å². The lowest BCUT2D eigenvalue weighted by Gasteiger charge is -2.09. The van der Waals surface area contributed by atoms with Gasteiger partial charge in [-0.1, -0.05) is 17.7 Å². The number of hydrogen-bond acceptors (Lipinski definition) is 3. The molecule has 0 fully saturated rings. The highest BCUT2D eigenvalue weighted by Gasteiger charge is 2.17. The fourth-order valence-corrected chi connectivity index (χ4v) is 1.96. The van der Waals surface area contributed by atoms with Gasteiger partial charge in [0.15, 0.2) is 0 Å². The van der Waals surface area contributed by atoms with E-state index >= 15 is 0 Å². The zero-order valence-corrected chi connectivity index (χ0v) is 11.9. The molecule has 0 aliphatic carbocycles. The smallest absolute Gasteiger partial charge is 0.341 e. The Morgan fingerprint density at radius 3 is 2.67 bits per heavy atom. The van der Waals surface area contributed by atoms with Crippen LogP contribution in [0.25, 0.3) is 0 Å². The predicted octanol–water partition coefficient (Wildman–Crippen LogP) is 3.87. The summed E-state index contributed by atoms with van der Waals surface area (Å²) in [7, 11) is 0. The van der Waals surface area contributed by atoms with Crippen LogP contribution in [0, 0.1) is 18.6 Å². The molecular formula is C15H12ClF2NO2. The highest BCUT2D eigenvalue weighted by atomic mass is 35.5. The van der Waals surface area contributed by atoms with Crippen LogP contribution < -0.4 is 5.73 Å². The van der Waals surface area contributed by atoms with Crippen molar-refractivity contribution in [2.24, 2.45) is 0 Å². The highest BCUT2D eigenvalue weighted by molar-refractivity contribution is 6.30. The average molecular weight is 312 g/mol. The topological polar surface area (TPSA) is 52.3 Å². The minimum absolute atomic E-state index is 0.147. The lowest BCUT2D eigenvalue weighted by atomic mass is 10.1. The van der Waals surface area contributed by atoms with Gasteiger partial charge in [0.2, 0.25) is 0 Å². The van der Waals surface area contributed by atoms with Crippen LogP contribution in [0.3, 0.4) is 0 Å². The van der Waals surface area contributed by atoms with Gasteiger partial charge in [-0.15, -0.1) is 0 Å². The van der Waals surface area contributed by atoms with Crippen LogP contribution in [0.4, 0.5) is 14.5 Å². The lowest BCUT2D eigenvalue weighted by molar-refractivity contribution is 0.0463. The van der Waals surface area contributed by atoms with Crippen molar-refractivity contribution in [2.45, 2.75) is 13.5 Å². The Morgan fingerprint density at radius 1 is 1.29 bits per heavy atom. The number of nitrogens with two attached hydrogens (primary N) is 1. The Kier molecular flexibility index (Phi) is 4.43. The second-order valence-corrected chi connectivity index (χ2v) is 4.95. The van der Waals surface area contributed by atoms with Crippen molar-refractivity contribution in [2.75, 3.05) is 5.73 Å². The van der Waals surface area contributed by atoms with Gasteiger partial charge in [0.25, 0.3) is 0 Å². The second kappa shape index (κ2) is 6.10. The fraction of sp³-hybridized carbons (Fsp3) is 0.133. The minimum atomic E-state index is -0.905. The molecule has 2 N–H and O–H groups in total. The van der Waals surface area contributed by atoms with Gasteiger partial charge in [0.1, 0.15) is 18.2 Å². The zero-order chi connectivity index (χ0) is 15.6. The molecule has 0 atom stereocenters. The molecule has 0 amide bonds. The number of halogens is 3. The normalized spacial score (nSPS) is 10.5. The summed E-state index contributed by atoms with van der Waals surface area (Å²) in [5.41, 5.74) is 5.92. The minimum Gasteiger partial charge on any atom is -0.457 e. The zero-order valence-electron chi connectivity index (χ0n) is 11.1. The van der Waals surface area contributed by atoms with E-state index in [2.05, 4.69) is 0 Å².